The van der Waals surface area contributed by atoms with Crippen LogP contribution < -0.4 is 5.32 Å². The summed E-state index contributed by atoms with van der Waals surface area (Å²) < 4.78 is 0. The van der Waals surface area contributed by atoms with E-state index in [0.29, 0.717) is 37.2 Å². The first-order valence-electron chi connectivity index (χ1n) is 10.8. The average molecular weight is 410 g/mol. The van der Waals surface area contributed by atoms with Gasteiger partial charge in [-0.2, -0.15) is 0 Å². The van der Waals surface area contributed by atoms with Crippen LogP contribution in [0.4, 0.5) is 5.82 Å². The number of hydrogen-bond acceptors (Lipinski definition) is 5. The number of fused-ring (bicyclic) bond motifs is 2. The molecule has 30 heavy (non-hydrogen) atoms. The van der Waals surface area contributed by atoms with Crippen LogP contribution in [-0.4, -0.2) is 77.8 Å². The molecule has 0 aromatic carbocycles. The van der Waals surface area contributed by atoms with Crippen LogP contribution in [0.2, 0.25) is 0 Å². The van der Waals surface area contributed by atoms with Crippen LogP contribution in [0.3, 0.4) is 0 Å². The van der Waals surface area contributed by atoms with Crippen molar-refractivity contribution in [2.75, 3.05) is 51.6 Å². The Hall–Kier alpha value is -2.51. The van der Waals surface area contributed by atoms with Gasteiger partial charge in [-0.25, -0.2) is 4.98 Å². The highest BCUT2D eigenvalue weighted by atomic mass is 16.2. The zero-order valence-corrected chi connectivity index (χ0v) is 17.7. The Bertz CT molecular complexity index is 852. The van der Waals surface area contributed by atoms with E-state index < -0.39 is 0 Å². The van der Waals surface area contributed by atoms with Crippen molar-refractivity contribution in [3.05, 3.63) is 42.1 Å². The van der Waals surface area contributed by atoms with Gasteiger partial charge in [-0.05, 0) is 43.5 Å². The zero-order valence-electron chi connectivity index (χ0n) is 17.7. The zero-order chi connectivity index (χ0) is 21.1. The van der Waals surface area contributed by atoms with Crippen molar-refractivity contribution in [2.24, 2.45) is 11.8 Å². The second kappa shape index (κ2) is 9.10. The van der Waals surface area contributed by atoms with E-state index >= 15 is 0 Å². The van der Waals surface area contributed by atoms with E-state index in [0.717, 1.165) is 43.9 Å². The summed E-state index contributed by atoms with van der Waals surface area (Å²) in [6, 6.07) is 2.03. The van der Waals surface area contributed by atoms with Crippen molar-refractivity contribution in [2.45, 2.75) is 19.4 Å². The van der Waals surface area contributed by atoms with E-state index in [2.05, 4.69) is 21.8 Å². The van der Waals surface area contributed by atoms with Gasteiger partial charge >= 0.3 is 0 Å². The van der Waals surface area contributed by atoms with Gasteiger partial charge in [0, 0.05) is 50.9 Å². The number of pyridine rings is 1. The lowest BCUT2D eigenvalue weighted by Crippen LogP contribution is -2.39. The second-order valence-corrected chi connectivity index (χ2v) is 8.76. The van der Waals surface area contributed by atoms with Crippen LogP contribution in [-0.2, 0) is 16.1 Å². The Labute approximate surface area is 178 Å². The van der Waals surface area contributed by atoms with Crippen molar-refractivity contribution in [1.82, 2.24) is 19.7 Å². The second-order valence-electron chi connectivity index (χ2n) is 8.76. The number of likely N-dealkylation sites (tertiary alicyclic amines) is 2. The molecule has 4 rings (SSSR count). The number of amides is 2. The molecule has 7 heteroatoms. The molecule has 2 saturated heterocycles. The number of nitrogens with zero attached hydrogens (tertiary/aromatic N) is 4. The van der Waals surface area contributed by atoms with Crippen LogP contribution >= 0.6 is 0 Å². The first-order valence-corrected chi connectivity index (χ1v) is 10.8. The Morgan fingerprint density at radius 2 is 2.13 bits per heavy atom. The number of rotatable bonds is 5. The molecule has 160 valence electrons. The Kier molecular flexibility index (Phi) is 6.29. The summed E-state index contributed by atoms with van der Waals surface area (Å²) >= 11 is 0. The number of anilines is 1. The lowest BCUT2D eigenvalue weighted by Gasteiger charge is -2.33. The maximum atomic E-state index is 12.7. The smallest absolute Gasteiger partial charge is 0.239 e. The molecular weight excluding hydrogens is 378 g/mol. The van der Waals surface area contributed by atoms with Crippen LogP contribution in [0.25, 0.3) is 6.08 Å². The number of likely N-dealkylation sites (N-methyl/N-ethyl adjacent to an activating group) is 1. The minimum atomic E-state index is -0.0450. The molecule has 3 aliphatic heterocycles. The minimum absolute atomic E-state index is 0.0450. The Balaban J connectivity index is 1.32. The molecule has 2 atom stereocenters. The lowest BCUT2D eigenvalue weighted by atomic mass is 9.89. The molecule has 0 saturated carbocycles. The average Bonchev–Trinajstić information content (AvgIpc) is 3.07. The summed E-state index contributed by atoms with van der Waals surface area (Å²) in [5, 5.41) is 2.84. The highest BCUT2D eigenvalue weighted by Gasteiger charge is 2.38. The van der Waals surface area contributed by atoms with Crippen LogP contribution in [0.5, 0.6) is 0 Å². The molecule has 4 heterocycles. The summed E-state index contributed by atoms with van der Waals surface area (Å²) in [5.41, 5.74) is 1.94. The topological polar surface area (TPSA) is 68.8 Å². The van der Waals surface area contributed by atoms with Gasteiger partial charge in [0.25, 0.3) is 0 Å². The monoisotopic (exact) mass is 409 g/mol. The first kappa shape index (κ1) is 20.8. The van der Waals surface area contributed by atoms with Gasteiger partial charge in [-0.1, -0.05) is 18.2 Å². The predicted molar refractivity (Wildman–Crippen MR) is 118 cm³/mol. The molecule has 0 radical (unpaired) electrons. The van der Waals surface area contributed by atoms with Gasteiger partial charge in [0.1, 0.15) is 5.82 Å². The predicted octanol–water partition coefficient (Wildman–Crippen LogP) is 1.84. The molecule has 2 fully saturated rings. The van der Waals surface area contributed by atoms with E-state index in [-0.39, 0.29) is 11.8 Å². The first-order chi connectivity index (χ1) is 14.5. The number of hydrogen-bond donors (Lipinski definition) is 1. The van der Waals surface area contributed by atoms with E-state index in [1.165, 1.54) is 6.42 Å². The summed E-state index contributed by atoms with van der Waals surface area (Å²) in [7, 11) is 1.92. The summed E-state index contributed by atoms with van der Waals surface area (Å²) in [6.45, 7) is 9.75. The molecule has 1 aromatic rings. The summed E-state index contributed by atoms with van der Waals surface area (Å²) in [6.07, 6.45) is 9.16. The third-order valence-corrected chi connectivity index (χ3v) is 6.33. The molecule has 0 unspecified atom stereocenters. The van der Waals surface area contributed by atoms with Gasteiger partial charge in [-0.3, -0.25) is 19.4 Å². The highest BCUT2D eigenvalue weighted by molar-refractivity contribution is 5.92. The number of nitrogens with one attached hydrogen (secondary N) is 1. The Morgan fingerprint density at radius 1 is 1.30 bits per heavy atom. The third kappa shape index (κ3) is 4.79. The number of carbonyl (C=O) groups is 2. The fourth-order valence-corrected chi connectivity index (χ4v) is 4.84. The molecule has 7 nitrogen and oxygen atoms in total. The number of carbonyl (C=O) groups excluding carboxylic acids is 2. The van der Waals surface area contributed by atoms with Gasteiger partial charge in [0.2, 0.25) is 11.8 Å². The van der Waals surface area contributed by atoms with E-state index in [1.807, 2.05) is 41.1 Å². The SMILES string of the molecule is C=CCN1CC[C@H]2CN(C(=O)C/C=C/c3cnc4c(c3)CN(C)CC(=O)N4)C[C@H]2C1. The van der Waals surface area contributed by atoms with Gasteiger partial charge < -0.3 is 10.2 Å². The molecule has 1 N–H and O–H groups in total. The van der Waals surface area contributed by atoms with Crippen molar-refractivity contribution >= 4 is 23.7 Å². The molecule has 2 amide bonds. The normalized spacial score (nSPS) is 25.0. The molecule has 3 aliphatic rings. The summed E-state index contributed by atoms with van der Waals surface area (Å²) in [5.74, 6) is 2.01. The largest absolute Gasteiger partial charge is 0.342 e. The fourth-order valence-electron chi connectivity index (χ4n) is 4.84. The fraction of sp³-hybridized carbons (Fsp3) is 0.522. The minimum Gasteiger partial charge on any atom is -0.342 e. The van der Waals surface area contributed by atoms with Crippen molar-refractivity contribution in [3.8, 4) is 0 Å². The number of piperidine rings is 1. The molecule has 0 bridgehead atoms. The van der Waals surface area contributed by atoms with Crippen molar-refractivity contribution in [3.63, 3.8) is 0 Å². The highest BCUT2D eigenvalue weighted by Crippen LogP contribution is 2.31. The summed E-state index contributed by atoms with van der Waals surface area (Å²) in [4.78, 5) is 35.4. The lowest BCUT2D eigenvalue weighted by molar-refractivity contribution is -0.129. The number of aromatic nitrogens is 1. The van der Waals surface area contributed by atoms with Crippen LogP contribution in [0.1, 0.15) is 24.0 Å². The molecule has 0 aliphatic carbocycles. The van der Waals surface area contributed by atoms with Gasteiger partial charge in [0.05, 0.1) is 6.54 Å². The third-order valence-electron chi connectivity index (χ3n) is 6.33. The Morgan fingerprint density at radius 3 is 2.97 bits per heavy atom. The van der Waals surface area contributed by atoms with Crippen LogP contribution in [0.15, 0.2) is 31.0 Å². The molecule has 0 spiro atoms. The van der Waals surface area contributed by atoms with Gasteiger partial charge in [0.15, 0.2) is 0 Å². The molecule has 1 aromatic heterocycles. The maximum Gasteiger partial charge on any atom is 0.239 e. The molecular formula is C23H31N5O2. The van der Waals surface area contributed by atoms with E-state index in [1.54, 1.807) is 6.20 Å². The standard InChI is InChI=1S/C23H31N5O2/c1-3-8-27-9-7-18-14-28(15-20(18)13-27)22(30)6-4-5-17-10-19-12-26(2)16-21(29)25-23(19)24-11-17/h3-5,10-11,18,20H,1,6-9,12-16H2,2H3,(H,24,25,29)/b5-4+/t18-,20+/m0/s1. The quantitative estimate of drug-likeness (QED) is 0.752. The van der Waals surface area contributed by atoms with E-state index in [9.17, 15) is 9.59 Å². The van der Waals surface area contributed by atoms with Crippen molar-refractivity contribution < 1.29 is 9.59 Å². The van der Waals surface area contributed by atoms with Crippen LogP contribution in [0, 0.1) is 11.8 Å². The van der Waals surface area contributed by atoms with Crippen molar-refractivity contribution in [1.29, 1.82) is 0 Å². The maximum absolute atomic E-state index is 12.7. The van der Waals surface area contributed by atoms with E-state index in [4.69, 9.17) is 0 Å². The van der Waals surface area contributed by atoms with Gasteiger partial charge in [-0.15, -0.1) is 6.58 Å².